The number of aliphatic hydroxyl groups is 1. The van der Waals surface area contributed by atoms with Gasteiger partial charge in [0.15, 0.2) is 0 Å². The maximum absolute atomic E-state index is 12.2. The molecule has 5 nitrogen and oxygen atoms in total. The van der Waals surface area contributed by atoms with E-state index < -0.39 is 10.0 Å². The van der Waals surface area contributed by atoms with Gasteiger partial charge < -0.3 is 9.84 Å². The molecule has 0 aliphatic heterocycles. The predicted octanol–water partition coefficient (Wildman–Crippen LogP) is 1.44. The Hall–Kier alpha value is -1.11. The first-order valence-corrected chi connectivity index (χ1v) is 8.16. The van der Waals surface area contributed by atoms with Crippen LogP contribution in [0.1, 0.15) is 24.8 Å². The van der Waals surface area contributed by atoms with Crippen molar-refractivity contribution in [3.05, 3.63) is 23.8 Å². The van der Waals surface area contributed by atoms with Gasteiger partial charge in [-0.3, -0.25) is 0 Å². The molecule has 0 saturated heterocycles. The third-order valence-electron chi connectivity index (χ3n) is 3.91. The zero-order valence-electron chi connectivity index (χ0n) is 11.8. The van der Waals surface area contributed by atoms with Crippen molar-refractivity contribution in [3.8, 4) is 5.75 Å². The zero-order chi connectivity index (χ0) is 14.8. The number of rotatable bonds is 7. The lowest BCUT2D eigenvalue weighted by atomic mass is 10.0. The fourth-order valence-corrected chi connectivity index (χ4v) is 3.52. The van der Waals surface area contributed by atoms with E-state index in [1.165, 1.54) is 0 Å². The molecule has 0 unspecified atom stereocenters. The smallest absolute Gasteiger partial charge is 0.240 e. The van der Waals surface area contributed by atoms with Gasteiger partial charge in [-0.25, -0.2) is 13.1 Å². The second-order valence-electron chi connectivity index (χ2n) is 5.43. The van der Waals surface area contributed by atoms with Crippen molar-refractivity contribution in [2.75, 3.05) is 20.3 Å². The number of nitrogens with one attached hydrogen (secondary N) is 1. The van der Waals surface area contributed by atoms with E-state index in [0.717, 1.165) is 18.4 Å². The van der Waals surface area contributed by atoms with E-state index in [-0.39, 0.29) is 16.9 Å². The minimum Gasteiger partial charge on any atom is -0.496 e. The van der Waals surface area contributed by atoms with E-state index >= 15 is 0 Å². The zero-order valence-corrected chi connectivity index (χ0v) is 12.7. The second-order valence-corrected chi connectivity index (χ2v) is 7.20. The van der Waals surface area contributed by atoms with Crippen molar-refractivity contribution in [2.45, 2.75) is 31.1 Å². The number of benzene rings is 1. The van der Waals surface area contributed by atoms with Gasteiger partial charge in [0.05, 0.1) is 12.0 Å². The van der Waals surface area contributed by atoms with Crippen LogP contribution in [0.25, 0.3) is 0 Å². The molecule has 0 aromatic heterocycles. The van der Waals surface area contributed by atoms with Gasteiger partial charge in [0.2, 0.25) is 10.0 Å². The molecule has 0 radical (unpaired) electrons. The highest BCUT2D eigenvalue weighted by atomic mass is 32.2. The Labute approximate surface area is 120 Å². The standard InChI is InChI=1S/C14H21NO4S/c1-11-9-12(3-4-13(11)19-2)20(17,18)15-10-14(5-6-14)7-8-16/h3-4,9,15-16H,5-8,10H2,1-2H3. The van der Waals surface area contributed by atoms with Gasteiger partial charge in [-0.15, -0.1) is 0 Å². The van der Waals surface area contributed by atoms with Crippen molar-refractivity contribution in [1.82, 2.24) is 4.72 Å². The summed E-state index contributed by atoms with van der Waals surface area (Å²) in [5.41, 5.74) is 0.746. The van der Waals surface area contributed by atoms with Gasteiger partial charge >= 0.3 is 0 Å². The Morgan fingerprint density at radius 2 is 2.10 bits per heavy atom. The highest BCUT2D eigenvalue weighted by molar-refractivity contribution is 7.89. The molecule has 0 heterocycles. The van der Waals surface area contributed by atoms with Gasteiger partial charge in [-0.1, -0.05) is 0 Å². The molecular formula is C14H21NO4S. The Kier molecular flexibility index (Phi) is 4.36. The third kappa shape index (κ3) is 3.31. The number of hydrogen-bond acceptors (Lipinski definition) is 4. The lowest BCUT2D eigenvalue weighted by Crippen LogP contribution is -2.30. The largest absolute Gasteiger partial charge is 0.496 e. The number of ether oxygens (including phenoxy) is 1. The van der Waals surface area contributed by atoms with Crippen LogP contribution < -0.4 is 9.46 Å². The first-order chi connectivity index (χ1) is 9.42. The quantitative estimate of drug-likeness (QED) is 0.799. The molecule has 112 valence electrons. The molecule has 1 aromatic rings. The van der Waals surface area contributed by atoms with Gasteiger partial charge in [-0.2, -0.15) is 0 Å². The third-order valence-corrected chi connectivity index (χ3v) is 5.31. The molecule has 1 aromatic carbocycles. The summed E-state index contributed by atoms with van der Waals surface area (Å²) in [4.78, 5) is 0.246. The summed E-state index contributed by atoms with van der Waals surface area (Å²) in [5, 5.41) is 8.99. The van der Waals surface area contributed by atoms with E-state index in [1.807, 2.05) is 6.92 Å². The molecule has 0 atom stereocenters. The van der Waals surface area contributed by atoms with Crippen molar-refractivity contribution in [3.63, 3.8) is 0 Å². The summed E-state index contributed by atoms with van der Waals surface area (Å²) in [7, 11) is -1.95. The molecule has 2 rings (SSSR count). The Balaban J connectivity index is 2.09. The van der Waals surface area contributed by atoms with Crippen LogP contribution in [0.3, 0.4) is 0 Å². The summed E-state index contributed by atoms with van der Waals surface area (Å²) >= 11 is 0. The molecule has 20 heavy (non-hydrogen) atoms. The van der Waals surface area contributed by atoms with E-state index in [9.17, 15) is 8.42 Å². The van der Waals surface area contributed by atoms with Gasteiger partial charge in [0.1, 0.15) is 5.75 Å². The molecule has 2 N–H and O–H groups in total. The van der Waals surface area contributed by atoms with E-state index in [0.29, 0.717) is 18.7 Å². The van der Waals surface area contributed by atoms with Crippen LogP contribution in [-0.2, 0) is 10.0 Å². The lowest BCUT2D eigenvalue weighted by molar-refractivity contribution is 0.249. The maximum atomic E-state index is 12.2. The number of aliphatic hydroxyl groups excluding tert-OH is 1. The molecule has 0 bridgehead atoms. The minimum atomic E-state index is -3.51. The van der Waals surface area contributed by atoms with Crippen LogP contribution >= 0.6 is 0 Å². The molecule has 0 amide bonds. The molecule has 1 aliphatic carbocycles. The van der Waals surface area contributed by atoms with Crippen LogP contribution in [0.15, 0.2) is 23.1 Å². The summed E-state index contributed by atoms with van der Waals surface area (Å²) in [6, 6.07) is 4.80. The number of sulfonamides is 1. The number of methoxy groups -OCH3 is 1. The molecule has 1 aliphatic rings. The maximum Gasteiger partial charge on any atom is 0.240 e. The fourth-order valence-electron chi connectivity index (χ4n) is 2.28. The van der Waals surface area contributed by atoms with Crippen LogP contribution in [-0.4, -0.2) is 33.8 Å². The number of hydrogen-bond donors (Lipinski definition) is 2. The average Bonchev–Trinajstić information content (AvgIpc) is 3.17. The topological polar surface area (TPSA) is 75.6 Å². The average molecular weight is 299 g/mol. The second kappa shape index (κ2) is 5.71. The molecule has 1 fully saturated rings. The van der Waals surface area contributed by atoms with E-state index in [1.54, 1.807) is 25.3 Å². The lowest BCUT2D eigenvalue weighted by Gasteiger charge is -2.15. The normalized spacial score (nSPS) is 16.9. The Morgan fingerprint density at radius 3 is 2.60 bits per heavy atom. The molecular weight excluding hydrogens is 278 g/mol. The number of aryl methyl sites for hydroxylation is 1. The van der Waals surface area contributed by atoms with Gasteiger partial charge in [-0.05, 0) is 55.4 Å². The predicted molar refractivity (Wildman–Crippen MR) is 76.3 cm³/mol. The van der Waals surface area contributed by atoms with Crippen LogP contribution in [0, 0.1) is 12.3 Å². The molecule has 0 spiro atoms. The van der Waals surface area contributed by atoms with Crippen molar-refractivity contribution >= 4 is 10.0 Å². The van der Waals surface area contributed by atoms with Crippen LogP contribution in [0.4, 0.5) is 0 Å². The highest BCUT2D eigenvalue weighted by Crippen LogP contribution is 2.48. The van der Waals surface area contributed by atoms with Crippen LogP contribution in [0.2, 0.25) is 0 Å². The summed E-state index contributed by atoms with van der Waals surface area (Å²) in [6.07, 6.45) is 2.59. The highest BCUT2D eigenvalue weighted by Gasteiger charge is 2.42. The van der Waals surface area contributed by atoms with Gasteiger partial charge in [0.25, 0.3) is 0 Å². The summed E-state index contributed by atoms with van der Waals surface area (Å²) < 4.78 is 32.3. The van der Waals surface area contributed by atoms with Crippen LogP contribution in [0.5, 0.6) is 5.75 Å². The summed E-state index contributed by atoms with van der Waals surface area (Å²) in [6.45, 7) is 2.30. The molecule has 1 saturated carbocycles. The first-order valence-electron chi connectivity index (χ1n) is 6.68. The van der Waals surface area contributed by atoms with E-state index in [4.69, 9.17) is 9.84 Å². The minimum absolute atomic E-state index is 0.0384. The SMILES string of the molecule is COc1ccc(S(=O)(=O)NCC2(CCO)CC2)cc1C. The Morgan fingerprint density at radius 1 is 1.40 bits per heavy atom. The van der Waals surface area contributed by atoms with Gasteiger partial charge in [0, 0.05) is 13.2 Å². The Bertz CT molecular complexity index is 579. The monoisotopic (exact) mass is 299 g/mol. The fraction of sp³-hybridized carbons (Fsp3) is 0.571. The first kappa shape index (κ1) is 15.3. The van der Waals surface area contributed by atoms with Crippen molar-refractivity contribution in [2.24, 2.45) is 5.41 Å². The van der Waals surface area contributed by atoms with Crippen molar-refractivity contribution in [1.29, 1.82) is 0 Å². The van der Waals surface area contributed by atoms with Crippen molar-refractivity contribution < 1.29 is 18.3 Å². The molecule has 6 heteroatoms. The van der Waals surface area contributed by atoms with E-state index in [2.05, 4.69) is 4.72 Å². The summed E-state index contributed by atoms with van der Waals surface area (Å²) in [5.74, 6) is 0.669.